The molecule has 0 saturated carbocycles. The molecule has 0 aromatic rings. The van der Waals surface area contributed by atoms with Crippen molar-refractivity contribution in [3.63, 3.8) is 0 Å². The highest BCUT2D eigenvalue weighted by Crippen LogP contribution is 2.19. The largest absolute Gasteiger partial charge is 0.379 e. The second-order valence-electron chi connectivity index (χ2n) is 4.95. The van der Waals surface area contributed by atoms with Gasteiger partial charge in [-0.15, -0.1) is 3.89 Å². The maximum Gasteiger partial charge on any atom is 0.307 e. The molecule has 19 heavy (non-hydrogen) atoms. The quantitative estimate of drug-likeness (QED) is 0.646. The number of carbonyl (C=O) groups excluding carboxylic acids is 1. The number of halogens is 1. The Labute approximate surface area is 112 Å². The van der Waals surface area contributed by atoms with Crippen LogP contribution in [0.25, 0.3) is 0 Å². The second kappa shape index (κ2) is 6.15. The minimum Gasteiger partial charge on any atom is -0.379 e. The smallest absolute Gasteiger partial charge is 0.307 e. The first-order valence-corrected chi connectivity index (χ1v) is 7.93. The van der Waals surface area contributed by atoms with Crippen LogP contribution in [-0.2, 0) is 19.8 Å². The number of nitrogens with zero attached hydrogens (tertiary/aromatic N) is 2. The van der Waals surface area contributed by atoms with Gasteiger partial charge in [-0.05, 0) is 6.42 Å². The fourth-order valence-corrected chi connectivity index (χ4v) is 3.15. The zero-order valence-corrected chi connectivity index (χ0v) is 11.6. The summed E-state index contributed by atoms with van der Waals surface area (Å²) < 4.78 is 39.6. The standard InChI is InChI=1S/C11H19FN2O4S/c12-19(16,17)10-8-11(15)14(9-10)3-1-2-13-4-6-18-7-5-13/h10H,1-9H2. The fourth-order valence-electron chi connectivity index (χ4n) is 2.45. The van der Waals surface area contributed by atoms with Gasteiger partial charge in [-0.3, -0.25) is 9.69 Å². The molecule has 0 N–H and O–H groups in total. The molecular weight excluding hydrogens is 275 g/mol. The predicted octanol–water partition coefficient (Wildman–Crippen LogP) is -0.391. The predicted molar refractivity (Wildman–Crippen MR) is 66.9 cm³/mol. The molecule has 2 saturated heterocycles. The number of likely N-dealkylation sites (tertiary alicyclic amines) is 1. The summed E-state index contributed by atoms with van der Waals surface area (Å²) in [5.41, 5.74) is 0. The SMILES string of the molecule is O=C1CC(S(=O)(=O)F)CN1CCCN1CCOCC1. The third-order valence-corrected chi connectivity index (χ3v) is 4.70. The molecule has 2 heterocycles. The van der Waals surface area contributed by atoms with E-state index in [1.54, 1.807) is 0 Å². The molecule has 0 aliphatic carbocycles. The van der Waals surface area contributed by atoms with E-state index in [-0.39, 0.29) is 18.9 Å². The van der Waals surface area contributed by atoms with Crippen molar-refractivity contribution < 1.29 is 21.8 Å². The third-order valence-electron chi connectivity index (χ3n) is 3.58. The first-order chi connectivity index (χ1) is 8.97. The van der Waals surface area contributed by atoms with Crippen LogP contribution in [0.5, 0.6) is 0 Å². The molecule has 2 fully saturated rings. The summed E-state index contributed by atoms with van der Waals surface area (Å²) in [6.45, 7) is 4.55. The minimum absolute atomic E-state index is 0.0131. The average molecular weight is 294 g/mol. The van der Waals surface area contributed by atoms with Gasteiger partial charge in [-0.25, -0.2) is 0 Å². The Morgan fingerprint density at radius 3 is 2.53 bits per heavy atom. The summed E-state index contributed by atoms with van der Waals surface area (Å²) in [4.78, 5) is 15.3. The fraction of sp³-hybridized carbons (Fsp3) is 0.909. The number of amides is 1. The minimum atomic E-state index is -4.60. The molecule has 1 atom stereocenters. The lowest BCUT2D eigenvalue weighted by Gasteiger charge is -2.27. The number of hydrogen-bond donors (Lipinski definition) is 0. The molecule has 0 radical (unpaired) electrons. The molecule has 2 aliphatic rings. The van der Waals surface area contributed by atoms with Gasteiger partial charge in [0.15, 0.2) is 0 Å². The molecule has 0 spiro atoms. The summed E-state index contributed by atoms with van der Waals surface area (Å²) in [5, 5.41) is -1.18. The number of hydrogen-bond acceptors (Lipinski definition) is 5. The van der Waals surface area contributed by atoms with Crippen molar-refractivity contribution in [2.24, 2.45) is 0 Å². The van der Waals surface area contributed by atoms with Gasteiger partial charge in [0, 0.05) is 39.1 Å². The van der Waals surface area contributed by atoms with Crippen LogP contribution in [0.2, 0.25) is 0 Å². The molecule has 0 aromatic heterocycles. The Balaban J connectivity index is 1.73. The summed E-state index contributed by atoms with van der Waals surface area (Å²) in [5.74, 6) is -0.270. The van der Waals surface area contributed by atoms with Gasteiger partial charge in [-0.1, -0.05) is 0 Å². The molecule has 2 rings (SSSR count). The maximum absolute atomic E-state index is 12.8. The lowest BCUT2D eigenvalue weighted by Crippen LogP contribution is -2.38. The van der Waals surface area contributed by atoms with Crippen LogP contribution in [0.1, 0.15) is 12.8 Å². The van der Waals surface area contributed by atoms with Gasteiger partial charge in [0.1, 0.15) is 5.25 Å². The van der Waals surface area contributed by atoms with Crippen molar-refractivity contribution in [1.82, 2.24) is 9.80 Å². The number of carbonyl (C=O) groups is 1. The number of rotatable bonds is 5. The van der Waals surface area contributed by atoms with E-state index in [0.717, 1.165) is 39.3 Å². The van der Waals surface area contributed by atoms with Gasteiger partial charge >= 0.3 is 10.2 Å². The Morgan fingerprint density at radius 2 is 1.95 bits per heavy atom. The van der Waals surface area contributed by atoms with Crippen LogP contribution in [-0.4, -0.2) is 75.3 Å². The van der Waals surface area contributed by atoms with Crippen LogP contribution in [0.4, 0.5) is 3.89 Å². The van der Waals surface area contributed by atoms with E-state index in [0.29, 0.717) is 6.54 Å². The molecule has 0 aromatic carbocycles. The Kier molecular flexibility index (Phi) is 4.75. The van der Waals surface area contributed by atoms with Crippen molar-refractivity contribution in [3.05, 3.63) is 0 Å². The second-order valence-corrected chi connectivity index (χ2v) is 6.57. The Bertz CT molecular complexity index is 422. The van der Waals surface area contributed by atoms with E-state index in [1.165, 1.54) is 4.90 Å². The highest BCUT2D eigenvalue weighted by molar-refractivity contribution is 7.87. The highest BCUT2D eigenvalue weighted by atomic mass is 32.3. The van der Waals surface area contributed by atoms with E-state index >= 15 is 0 Å². The van der Waals surface area contributed by atoms with Crippen LogP contribution in [0.15, 0.2) is 0 Å². The molecule has 6 nitrogen and oxygen atoms in total. The van der Waals surface area contributed by atoms with Crippen molar-refractivity contribution in [2.45, 2.75) is 18.1 Å². The Morgan fingerprint density at radius 1 is 1.26 bits per heavy atom. The van der Waals surface area contributed by atoms with Crippen LogP contribution < -0.4 is 0 Å². The first-order valence-electron chi connectivity index (χ1n) is 6.48. The van der Waals surface area contributed by atoms with Crippen molar-refractivity contribution in [2.75, 3.05) is 45.9 Å². The van der Waals surface area contributed by atoms with Gasteiger partial charge in [0.05, 0.1) is 13.2 Å². The monoisotopic (exact) mass is 294 g/mol. The van der Waals surface area contributed by atoms with Crippen molar-refractivity contribution in [3.8, 4) is 0 Å². The first kappa shape index (κ1) is 14.7. The highest BCUT2D eigenvalue weighted by Gasteiger charge is 2.37. The molecular formula is C11H19FN2O4S. The zero-order valence-electron chi connectivity index (χ0n) is 10.8. The van der Waals surface area contributed by atoms with Crippen LogP contribution >= 0.6 is 0 Å². The summed E-state index contributed by atoms with van der Waals surface area (Å²) in [6.07, 6.45) is 0.543. The maximum atomic E-state index is 12.8. The van der Waals surface area contributed by atoms with E-state index in [2.05, 4.69) is 4.90 Å². The molecule has 110 valence electrons. The van der Waals surface area contributed by atoms with Gasteiger partial charge in [0.2, 0.25) is 5.91 Å². The van der Waals surface area contributed by atoms with E-state index in [4.69, 9.17) is 4.74 Å². The molecule has 2 aliphatic heterocycles. The van der Waals surface area contributed by atoms with E-state index in [1.807, 2.05) is 0 Å². The number of ether oxygens (including phenoxy) is 1. The lowest BCUT2D eigenvalue weighted by molar-refractivity contribution is -0.127. The summed E-state index contributed by atoms with van der Waals surface area (Å²) >= 11 is 0. The third kappa shape index (κ3) is 4.12. The van der Waals surface area contributed by atoms with Crippen LogP contribution in [0.3, 0.4) is 0 Å². The lowest BCUT2D eigenvalue weighted by atomic mass is 10.3. The van der Waals surface area contributed by atoms with Crippen molar-refractivity contribution in [1.29, 1.82) is 0 Å². The molecule has 1 unspecified atom stereocenters. The Hall–Kier alpha value is -0.730. The molecule has 8 heteroatoms. The summed E-state index contributed by atoms with van der Waals surface area (Å²) in [7, 11) is -4.60. The average Bonchev–Trinajstić information content (AvgIpc) is 2.72. The molecule has 0 bridgehead atoms. The van der Waals surface area contributed by atoms with Gasteiger partial charge < -0.3 is 9.64 Å². The van der Waals surface area contributed by atoms with Crippen molar-refractivity contribution >= 4 is 16.1 Å². The normalized spacial score (nSPS) is 26.1. The summed E-state index contributed by atoms with van der Waals surface area (Å²) in [6, 6.07) is 0. The topological polar surface area (TPSA) is 66.9 Å². The molecule has 1 amide bonds. The van der Waals surface area contributed by atoms with Crippen LogP contribution in [0, 0.1) is 0 Å². The zero-order chi connectivity index (χ0) is 13.9. The van der Waals surface area contributed by atoms with E-state index in [9.17, 15) is 17.1 Å². The van der Waals surface area contributed by atoms with Gasteiger partial charge in [-0.2, -0.15) is 8.42 Å². The number of morpholine rings is 1. The van der Waals surface area contributed by atoms with E-state index < -0.39 is 15.5 Å². The van der Waals surface area contributed by atoms with Gasteiger partial charge in [0.25, 0.3) is 0 Å².